The van der Waals surface area contributed by atoms with Gasteiger partial charge in [-0.1, -0.05) is 12.7 Å². The molecule has 11 heavy (non-hydrogen) atoms. The molecule has 0 radical (unpaired) electrons. The topological polar surface area (TPSA) is 37.3 Å². The fourth-order valence-electron chi connectivity index (χ4n) is 1.14. The molecule has 1 fully saturated rings. The maximum Gasteiger partial charge on any atom is 0.331 e. The summed E-state index contributed by atoms with van der Waals surface area (Å²) in [4.78, 5) is 10.5. The molecule has 0 aromatic rings. The van der Waals surface area contributed by atoms with Crippen molar-refractivity contribution in [3.8, 4) is 0 Å². The summed E-state index contributed by atoms with van der Waals surface area (Å²) in [7, 11) is 0. The lowest BCUT2D eigenvalue weighted by molar-refractivity contribution is -0.132. The van der Waals surface area contributed by atoms with Gasteiger partial charge < -0.3 is 5.11 Å². The van der Waals surface area contributed by atoms with E-state index in [0.717, 1.165) is 18.4 Å². The van der Waals surface area contributed by atoms with Crippen molar-refractivity contribution in [2.45, 2.75) is 19.8 Å². The highest BCUT2D eigenvalue weighted by Crippen LogP contribution is 2.38. The van der Waals surface area contributed by atoms with E-state index in [1.807, 2.05) is 0 Å². The van der Waals surface area contributed by atoms with E-state index in [4.69, 9.17) is 5.11 Å². The molecule has 0 unspecified atom stereocenters. The number of carbonyl (C=O) groups is 1. The highest BCUT2D eigenvalue weighted by molar-refractivity contribution is 5.87. The molecule has 0 atom stereocenters. The second-order valence-electron chi connectivity index (χ2n) is 2.86. The van der Waals surface area contributed by atoms with Crippen molar-refractivity contribution in [1.82, 2.24) is 0 Å². The first kappa shape index (κ1) is 8.05. The van der Waals surface area contributed by atoms with E-state index in [1.54, 1.807) is 13.0 Å². The Morgan fingerprint density at radius 3 is 2.45 bits per heavy atom. The van der Waals surface area contributed by atoms with Crippen molar-refractivity contribution in [2.24, 2.45) is 5.92 Å². The Labute approximate surface area is 66.2 Å². The molecule has 60 valence electrons. The predicted molar refractivity (Wildman–Crippen MR) is 43.3 cm³/mol. The first-order valence-electron chi connectivity index (χ1n) is 3.73. The third-order valence-electron chi connectivity index (χ3n) is 1.99. The smallest absolute Gasteiger partial charge is 0.331 e. The summed E-state index contributed by atoms with van der Waals surface area (Å²) in [6, 6.07) is 0. The summed E-state index contributed by atoms with van der Waals surface area (Å²) in [5.74, 6) is -0.351. The molecular formula is C9H12O2. The molecule has 1 aliphatic carbocycles. The van der Waals surface area contributed by atoms with Gasteiger partial charge in [0.25, 0.3) is 0 Å². The maximum atomic E-state index is 10.5. The van der Waals surface area contributed by atoms with Crippen LogP contribution in [0.15, 0.2) is 23.8 Å². The summed E-state index contributed by atoms with van der Waals surface area (Å²) in [6.07, 6.45) is 3.90. The summed E-state index contributed by atoms with van der Waals surface area (Å²) in [6.45, 7) is 5.24. The van der Waals surface area contributed by atoms with Crippen molar-refractivity contribution in [1.29, 1.82) is 0 Å². The van der Waals surface area contributed by atoms with E-state index in [0.29, 0.717) is 11.5 Å². The van der Waals surface area contributed by atoms with Crippen LogP contribution in [-0.2, 0) is 4.79 Å². The summed E-state index contributed by atoms with van der Waals surface area (Å²) in [5.41, 5.74) is 1.36. The van der Waals surface area contributed by atoms with Crippen molar-refractivity contribution < 1.29 is 9.90 Å². The zero-order valence-electron chi connectivity index (χ0n) is 6.63. The summed E-state index contributed by atoms with van der Waals surface area (Å²) < 4.78 is 0. The Balaban J connectivity index is 2.86. The van der Waals surface area contributed by atoms with Crippen LogP contribution < -0.4 is 0 Å². The van der Waals surface area contributed by atoms with E-state index >= 15 is 0 Å². The quantitative estimate of drug-likeness (QED) is 0.496. The Morgan fingerprint density at radius 2 is 2.18 bits per heavy atom. The van der Waals surface area contributed by atoms with Crippen LogP contribution in [0.2, 0.25) is 0 Å². The molecule has 1 saturated carbocycles. The summed E-state index contributed by atoms with van der Waals surface area (Å²) >= 11 is 0. The Hall–Kier alpha value is -1.05. The number of carboxylic acids is 1. The summed E-state index contributed by atoms with van der Waals surface area (Å²) in [5, 5.41) is 8.65. The molecule has 0 spiro atoms. The molecule has 1 N–H and O–H groups in total. The van der Waals surface area contributed by atoms with Crippen LogP contribution in [0.4, 0.5) is 0 Å². The third-order valence-corrected chi connectivity index (χ3v) is 1.99. The zero-order valence-corrected chi connectivity index (χ0v) is 6.63. The van der Waals surface area contributed by atoms with E-state index < -0.39 is 5.97 Å². The maximum absolute atomic E-state index is 10.5. The van der Waals surface area contributed by atoms with Gasteiger partial charge in [-0.05, 0) is 31.3 Å². The SMILES string of the molecule is C=CC(=C(C)C(=O)O)C1CC1. The number of carboxylic acid groups (broad SMARTS) is 1. The Morgan fingerprint density at radius 1 is 1.64 bits per heavy atom. The fraction of sp³-hybridized carbons (Fsp3) is 0.444. The van der Waals surface area contributed by atoms with Crippen LogP contribution in [-0.4, -0.2) is 11.1 Å². The van der Waals surface area contributed by atoms with Crippen LogP contribution in [0.25, 0.3) is 0 Å². The van der Waals surface area contributed by atoms with Gasteiger partial charge in [0.15, 0.2) is 0 Å². The van der Waals surface area contributed by atoms with E-state index in [2.05, 4.69) is 6.58 Å². The fourth-order valence-corrected chi connectivity index (χ4v) is 1.14. The van der Waals surface area contributed by atoms with Crippen LogP contribution in [0, 0.1) is 5.92 Å². The molecule has 0 aromatic heterocycles. The average molecular weight is 152 g/mol. The molecule has 0 heterocycles. The molecule has 1 aliphatic rings. The van der Waals surface area contributed by atoms with Gasteiger partial charge in [-0.25, -0.2) is 4.79 Å². The van der Waals surface area contributed by atoms with Gasteiger partial charge in [-0.15, -0.1) is 0 Å². The highest BCUT2D eigenvalue weighted by Gasteiger charge is 2.26. The predicted octanol–water partition coefficient (Wildman–Crippen LogP) is 1.98. The van der Waals surface area contributed by atoms with Crippen LogP contribution in [0.3, 0.4) is 0 Å². The minimum Gasteiger partial charge on any atom is -0.478 e. The number of hydrogen-bond acceptors (Lipinski definition) is 1. The van der Waals surface area contributed by atoms with Crippen molar-refractivity contribution >= 4 is 5.97 Å². The van der Waals surface area contributed by atoms with Gasteiger partial charge in [-0.2, -0.15) is 0 Å². The minimum atomic E-state index is -0.827. The first-order valence-corrected chi connectivity index (χ1v) is 3.73. The van der Waals surface area contributed by atoms with Crippen molar-refractivity contribution in [3.63, 3.8) is 0 Å². The van der Waals surface area contributed by atoms with Crippen molar-refractivity contribution in [2.75, 3.05) is 0 Å². The molecule has 0 aromatic carbocycles. The first-order chi connectivity index (χ1) is 5.16. The molecule has 0 bridgehead atoms. The second-order valence-corrected chi connectivity index (χ2v) is 2.86. The molecule has 2 nitrogen and oxygen atoms in total. The largest absolute Gasteiger partial charge is 0.478 e. The number of allylic oxidation sites excluding steroid dienone is 2. The molecule has 0 amide bonds. The molecule has 2 heteroatoms. The van der Waals surface area contributed by atoms with E-state index in [-0.39, 0.29) is 0 Å². The number of aliphatic carboxylic acids is 1. The van der Waals surface area contributed by atoms with Crippen LogP contribution >= 0.6 is 0 Å². The minimum absolute atomic E-state index is 0.447. The molecule has 0 saturated heterocycles. The lowest BCUT2D eigenvalue weighted by Gasteiger charge is -2.00. The Bertz CT molecular complexity index is 222. The van der Waals surface area contributed by atoms with Crippen LogP contribution in [0.1, 0.15) is 19.8 Å². The number of rotatable bonds is 3. The zero-order chi connectivity index (χ0) is 8.43. The van der Waals surface area contributed by atoms with Gasteiger partial charge in [0.05, 0.1) is 0 Å². The lowest BCUT2D eigenvalue weighted by atomic mass is 10.1. The van der Waals surface area contributed by atoms with Gasteiger partial charge in [0.2, 0.25) is 0 Å². The van der Waals surface area contributed by atoms with E-state index in [9.17, 15) is 4.79 Å². The lowest BCUT2D eigenvalue weighted by Crippen LogP contribution is -2.00. The van der Waals surface area contributed by atoms with E-state index in [1.165, 1.54) is 0 Å². The standard InChI is InChI=1S/C9H12O2/c1-3-8(7-4-5-7)6(2)9(10)11/h3,7H,1,4-5H2,2H3,(H,10,11). The van der Waals surface area contributed by atoms with Gasteiger partial charge in [0.1, 0.15) is 0 Å². The van der Waals surface area contributed by atoms with Gasteiger partial charge >= 0.3 is 5.97 Å². The van der Waals surface area contributed by atoms with Crippen LogP contribution in [0.5, 0.6) is 0 Å². The molecule has 1 rings (SSSR count). The Kier molecular flexibility index (Phi) is 2.13. The third kappa shape index (κ3) is 1.70. The average Bonchev–Trinajstić information content (AvgIpc) is 2.72. The number of hydrogen-bond donors (Lipinski definition) is 1. The molecule has 0 aliphatic heterocycles. The van der Waals surface area contributed by atoms with Gasteiger partial charge in [0, 0.05) is 5.57 Å². The normalized spacial score (nSPS) is 19.0. The highest BCUT2D eigenvalue weighted by atomic mass is 16.4. The monoisotopic (exact) mass is 152 g/mol. The van der Waals surface area contributed by atoms with Gasteiger partial charge in [-0.3, -0.25) is 0 Å². The van der Waals surface area contributed by atoms with Crippen molar-refractivity contribution in [3.05, 3.63) is 23.8 Å². The second kappa shape index (κ2) is 2.91. The molecular weight excluding hydrogens is 140 g/mol.